The molecule has 0 spiro atoms. The molecule has 2 aliphatic rings. The van der Waals surface area contributed by atoms with Crippen LogP contribution >= 0.6 is 0 Å². The maximum Gasteiger partial charge on any atom is 0.403 e. The van der Waals surface area contributed by atoms with E-state index in [1.165, 1.54) is 18.2 Å². The van der Waals surface area contributed by atoms with Gasteiger partial charge in [0, 0.05) is 32.2 Å². The van der Waals surface area contributed by atoms with E-state index in [4.69, 9.17) is 0 Å². The molecule has 0 bridgehead atoms. The molecule has 1 aliphatic carbocycles. The Bertz CT molecular complexity index is 389. The van der Waals surface area contributed by atoms with Gasteiger partial charge < -0.3 is 5.32 Å². The fourth-order valence-electron chi connectivity index (χ4n) is 3.45. The quantitative estimate of drug-likeness (QED) is 0.857. The van der Waals surface area contributed by atoms with Gasteiger partial charge in [0.25, 0.3) is 0 Å². The molecule has 1 heterocycles. The molecule has 1 aliphatic heterocycles. The van der Waals surface area contributed by atoms with Crippen LogP contribution < -0.4 is 5.32 Å². The van der Waals surface area contributed by atoms with E-state index in [-0.39, 0.29) is 18.0 Å². The molecule has 1 amide bonds. The van der Waals surface area contributed by atoms with Crippen molar-refractivity contribution in [1.29, 1.82) is 0 Å². The summed E-state index contributed by atoms with van der Waals surface area (Å²) in [5.41, 5.74) is 0. The van der Waals surface area contributed by atoms with Crippen LogP contribution in [0.4, 0.5) is 13.2 Å². The minimum atomic E-state index is -4.19. The molecule has 1 N–H and O–H groups in total. The second-order valence-corrected chi connectivity index (χ2v) is 6.81. The van der Waals surface area contributed by atoms with E-state index in [2.05, 4.69) is 5.32 Å². The largest absolute Gasteiger partial charge is 0.403 e. The van der Waals surface area contributed by atoms with Gasteiger partial charge in [0.05, 0.1) is 6.04 Å². The van der Waals surface area contributed by atoms with Crippen molar-refractivity contribution >= 4 is 5.91 Å². The van der Waals surface area contributed by atoms with E-state index >= 15 is 0 Å². The summed E-state index contributed by atoms with van der Waals surface area (Å²) in [6.07, 6.45) is 1.44. The molecule has 0 radical (unpaired) electrons. The van der Waals surface area contributed by atoms with Gasteiger partial charge in [0.2, 0.25) is 5.91 Å². The highest BCUT2D eigenvalue weighted by Crippen LogP contribution is 2.25. The first-order valence-electron chi connectivity index (χ1n) is 8.64. The molecule has 1 saturated carbocycles. The molecule has 0 aromatic heterocycles. The Morgan fingerprint density at radius 3 is 2.04 bits per heavy atom. The summed E-state index contributed by atoms with van der Waals surface area (Å²) in [6, 6.07) is -1.43. The summed E-state index contributed by atoms with van der Waals surface area (Å²) < 4.78 is 38.3. The average Bonchev–Trinajstić information content (AvgIpc) is 2.53. The zero-order valence-electron chi connectivity index (χ0n) is 14.0. The summed E-state index contributed by atoms with van der Waals surface area (Å²) in [6.45, 7) is 4.75. The van der Waals surface area contributed by atoms with Crippen molar-refractivity contribution in [2.24, 2.45) is 0 Å². The highest BCUT2D eigenvalue weighted by atomic mass is 19.4. The highest BCUT2D eigenvalue weighted by molar-refractivity contribution is 5.81. The molecule has 0 aromatic rings. The van der Waals surface area contributed by atoms with Gasteiger partial charge in [-0.2, -0.15) is 13.2 Å². The van der Waals surface area contributed by atoms with Crippen LogP contribution in [0.2, 0.25) is 0 Å². The topological polar surface area (TPSA) is 35.6 Å². The van der Waals surface area contributed by atoms with Crippen LogP contribution in [0.15, 0.2) is 0 Å². The van der Waals surface area contributed by atoms with Crippen LogP contribution in [0.25, 0.3) is 0 Å². The zero-order chi connectivity index (χ0) is 17.0. The Hall–Kier alpha value is -0.820. The van der Waals surface area contributed by atoms with Gasteiger partial charge in [0.1, 0.15) is 6.04 Å². The standard InChI is InChI=1S/C16H28F3N3O/c1-12(15(23)20-14-6-4-3-5-7-14)21-8-10-22(11-9-21)13(2)16(17,18)19/h12-14H,3-11H2,1-2H3,(H,20,23)/t12-,13-/m1/s1. The van der Waals surface area contributed by atoms with Crippen molar-refractivity contribution in [1.82, 2.24) is 15.1 Å². The monoisotopic (exact) mass is 335 g/mol. The van der Waals surface area contributed by atoms with Crippen molar-refractivity contribution in [2.75, 3.05) is 26.2 Å². The summed E-state index contributed by atoms with van der Waals surface area (Å²) in [7, 11) is 0. The Labute approximate surface area is 136 Å². The Morgan fingerprint density at radius 2 is 1.52 bits per heavy atom. The number of rotatable bonds is 4. The van der Waals surface area contributed by atoms with E-state index in [1.807, 2.05) is 11.8 Å². The Kier molecular flexibility index (Phi) is 6.31. The van der Waals surface area contributed by atoms with Crippen molar-refractivity contribution in [2.45, 2.75) is 70.3 Å². The first-order valence-corrected chi connectivity index (χ1v) is 8.64. The fraction of sp³-hybridized carbons (Fsp3) is 0.938. The predicted octanol–water partition coefficient (Wildman–Crippen LogP) is 2.39. The number of carbonyl (C=O) groups excluding carboxylic acids is 1. The number of piperazine rings is 1. The maximum atomic E-state index is 12.8. The van der Waals surface area contributed by atoms with Crippen LogP contribution in [-0.2, 0) is 4.79 Å². The molecule has 4 nitrogen and oxygen atoms in total. The maximum absolute atomic E-state index is 12.8. The summed E-state index contributed by atoms with van der Waals surface area (Å²) in [4.78, 5) is 15.8. The van der Waals surface area contributed by atoms with Crippen LogP contribution in [0.5, 0.6) is 0 Å². The van der Waals surface area contributed by atoms with Crippen LogP contribution in [0, 0.1) is 0 Å². The molecule has 134 valence electrons. The molecule has 0 aromatic carbocycles. The lowest BCUT2D eigenvalue weighted by Crippen LogP contribution is -2.58. The molecule has 2 rings (SSSR count). The van der Waals surface area contributed by atoms with Gasteiger partial charge in [-0.1, -0.05) is 19.3 Å². The van der Waals surface area contributed by atoms with Gasteiger partial charge in [-0.05, 0) is 26.7 Å². The third-order valence-corrected chi connectivity index (χ3v) is 5.25. The van der Waals surface area contributed by atoms with Gasteiger partial charge >= 0.3 is 6.18 Å². The third kappa shape index (κ3) is 5.08. The first kappa shape index (κ1) is 18.5. The fourth-order valence-corrected chi connectivity index (χ4v) is 3.45. The number of alkyl halides is 3. The first-order chi connectivity index (χ1) is 10.8. The van der Waals surface area contributed by atoms with Gasteiger partial charge in [-0.3, -0.25) is 14.6 Å². The molecule has 1 saturated heterocycles. The second-order valence-electron chi connectivity index (χ2n) is 6.81. The normalized spacial score (nSPS) is 25.1. The van der Waals surface area contributed by atoms with Gasteiger partial charge in [-0.15, -0.1) is 0 Å². The molecule has 2 atom stereocenters. The minimum absolute atomic E-state index is 0.00854. The predicted molar refractivity (Wildman–Crippen MR) is 83.1 cm³/mol. The Balaban J connectivity index is 1.78. The number of nitrogens with zero attached hydrogens (tertiary/aromatic N) is 2. The number of hydrogen-bond acceptors (Lipinski definition) is 3. The van der Waals surface area contributed by atoms with Crippen LogP contribution in [-0.4, -0.2) is 66.2 Å². The van der Waals surface area contributed by atoms with Crippen molar-refractivity contribution in [3.63, 3.8) is 0 Å². The highest BCUT2D eigenvalue weighted by Gasteiger charge is 2.41. The van der Waals surface area contributed by atoms with E-state index in [0.717, 1.165) is 25.7 Å². The Morgan fingerprint density at radius 1 is 1.00 bits per heavy atom. The molecular weight excluding hydrogens is 307 g/mol. The molecule has 7 heteroatoms. The lowest BCUT2D eigenvalue weighted by atomic mass is 9.95. The number of amides is 1. The minimum Gasteiger partial charge on any atom is -0.352 e. The van der Waals surface area contributed by atoms with E-state index in [0.29, 0.717) is 26.2 Å². The molecular formula is C16H28F3N3O. The van der Waals surface area contributed by atoms with Crippen LogP contribution in [0.3, 0.4) is 0 Å². The second kappa shape index (κ2) is 7.83. The number of nitrogens with one attached hydrogen (secondary N) is 1. The van der Waals surface area contributed by atoms with Crippen molar-refractivity contribution in [3.05, 3.63) is 0 Å². The SMILES string of the molecule is C[C@H](C(=O)NC1CCCCC1)N1CCN([C@H](C)C(F)(F)F)CC1. The third-order valence-electron chi connectivity index (χ3n) is 5.25. The average molecular weight is 335 g/mol. The zero-order valence-corrected chi connectivity index (χ0v) is 14.0. The van der Waals surface area contributed by atoms with Crippen LogP contribution in [0.1, 0.15) is 46.0 Å². The summed E-state index contributed by atoms with van der Waals surface area (Å²) in [5, 5.41) is 3.10. The number of hydrogen-bond donors (Lipinski definition) is 1. The summed E-state index contributed by atoms with van der Waals surface area (Å²) in [5.74, 6) is 0.00854. The molecule has 0 unspecified atom stereocenters. The van der Waals surface area contributed by atoms with E-state index in [1.54, 1.807) is 0 Å². The van der Waals surface area contributed by atoms with Gasteiger partial charge in [0.15, 0.2) is 0 Å². The van der Waals surface area contributed by atoms with E-state index in [9.17, 15) is 18.0 Å². The smallest absolute Gasteiger partial charge is 0.352 e. The van der Waals surface area contributed by atoms with Crippen molar-refractivity contribution in [3.8, 4) is 0 Å². The lowest BCUT2D eigenvalue weighted by molar-refractivity contribution is -0.183. The lowest BCUT2D eigenvalue weighted by Gasteiger charge is -2.40. The van der Waals surface area contributed by atoms with Crippen molar-refractivity contribution < 1.29 is 18.0 Å². The molecule has 2 fully saturated rings. The van der Waals surface area contributed by atoms with E-state index < -0.39 is 12.2 Å². The summed E-state index contributed by atoms with van der Waals surface area (Å²) >= 11 is 0. The number of halogens is 3. The van der Waals surface area contributed by atoms with Gasteiger partial charge in [-0.25, -0.2) is 0 Å². The molecule has 23 heavy (non-hydrogen) atoms. The number of carbonyl (C=O) groups is 1.